The Morgan fingerprint density at radius 2 is 1.67 bits per heavy atom. The molecule has 0 bridgehead atoms. The van der Waals surface area contributed by atoms with Crippen LogP contribution in [0.4, 0.5) is 5.69 Å². The summed E-state index contributed by atoms with van der Waals surface area (Å²) in [7, 11) is -3.51. The summed E-state index contributed by atoms with van der Waals surface area (Å²) in [6.07, 6.45) is 0.705. The van der Waals surface area contributed by atoms with E-state index in [0.717, 1.165) is 21.3 Å². The number of nitrogens with one attached hydrogen (secondary N) is 1. The van der Waals surface area contributed by atoms with E-state index in [2.05, 4.69) is 10.3 Å². The number of ether oxygens (including phenoxy) is 2. The summed E-state index contributed by atoms with van der Waals surface area (Å²) < 4.78 is 37.6. The van der Waals surface area contributed by atoms with Crippen LogP contribution in [0.25, 0.3) is 10.2 Å². The van der Waals surface area contributed by atoms with Gasteiger partial charge in [0.15, 0.2) is 16.4 Å². The predicted molar refractivity (Wildman–Crippen MR) is 175 cm³/mol. The first-order chi connectivity index (χ1) is 21.6. The minimum Gasteiger partial charge on any atom is -0.480 e. The van der Waals surface area contributed by atoms with Crippen molar-refractivity contribution in [3.8, 4) is 10.9 Å². The molecule has 0 aliphatic heterocycles. The quantitative estimate of drug-likeness (QED) is 0.132. The van der Waals surface area contributed by atoms with Crippen LogP contribution in [0.15, 0.2) is 89.8 Å². The normalized spacial score (nSPS) is 11.3. The number of rotatable bonds is 13. The average molecular weight is 686 g/mol. The smallest absolute Gasteiger partial charge is 0.341 e. The number of benzene rings is 4. The molecule has 0 spiro atoms. The van der Waals surface area contributed by atoms with Crippen molar-refractivity contribution in [2.24, 2.45) is 0 Å². The number of sulfone groups is 1. The van der Waals surface area contributed by atoms with Crippen LogP contribution in [-0.2, 0) is 27.7 Å². The van der Waals surface area contributed by atoms with Gasteiger partial charge >= 0.3 is 5.97 Å². The summed E-state index contributed by atoms with van der Waals surface area (Å²) in [4.78, 5) is 29.1. The molecule has 4 aromatic carbocycles. The van der Waals surface area contributed by atoms with Crippen molar-refractivity contribution in [1.82, 2.24) is 4.98 Å². The van der Waals surface area contributed by atoms with Crippen molar-refractivity contribution in [1.29, 1.82) is 0 Å². The third kappa shape index (κ3) is 8.73. The lowest BCUT2D eigenvalue weighted by molar-refractivity contribution is -0.139. The number of nitrogens with zero attached hydrogens (tertiary/aromatic N) is 1. The lowest BCUT2D eigenvalue weighted by Gasteiger charge is -2.14. The molecule has 0 aliphatic carbocycles. The van der Waals surface area contributed by atoms with Gasteiger partial charge in [-0.2, -0.15) is 0 Å². The van der Waals surface area contributed by atoms with Crippen molar-refractivity contribution >= 4 is 72.2 Å². The maximum Gasteiger partial charge on any atom is 0.341 e. The largest absolute Gasteiger partial charge is 0.480 e. The second-order valence-corrected chi connectivity index (χ2v) is 13.9. The van der Waals surface area contributed by atoms with Crippen LogP contribution in [0.5, 0.6) is 10.9 Å². The Labute approximate surface area is 273 Å². The third-order valence-corrected chi connectivity index (χ3v) is 9.81. The molecule has 13 heteroatoms. The second-order valence-electron chi connectivity index (χ2n) is 9.92. The van der Waals surface area contributed by atoms with E-state index in [9.17, 15) is 18.0 Å². The number of carboxylic acids is 1. The number of carbonyl (C=O) groups is 2. The molecule has 0 saturated heterocycles. The number of aliphatic carboxylic acids is 1. The van der Waals surface area contributed by atoms with Gasteiger partial charge in [0.1, 0.15) is 12.4 Å². The van der Waals surface area contributed by atoms with Crippen LogP contribution >= 0.6 is 34.5 Å². The van der Waals surface area contributed by atoms with Crippen LogP contribution < -0.4 is 14.8 Å². The van der Waals surface area contributed by atoms with E-state index in [4.69, 9.17) is 37.8 Å². The van der Waals surface area contributed by atoms with Crippen molar-refractivity contribution in [3.05, 3.63) is 112 Å². The molecule has 45 heavy (non-hydrogen) atoms. The summed E-state index contributed by atoms with van der Waals surface area (Å²) in [5.41, 5.74) is 2.85. The fourth-order valence-corrected chi connectivity index (χ4v) is 6.93. The van der Waals surface area contributed by atoms with Gasteiger partial charge in [-0.1, -0.05) is 52.7 Å². The van der Waals surface area contributed by atoms with Gasteiger partial charge in [-0.05, 0) is 90.7 Å². The Hall–Kier alpha value is -4.16. The highest BCUT2D eigenvalue weighted by molar-refractivity contribution is 7.91. The lowest BCUT2D eigenvalue weighted by atomic mass is 10.1. The summed E-state index contributed by atoms with van der Waals surface area (Å²) >= 11 is 13.3. The molecule has 0 unspecified atom stereocenters. The Balaban J connectivity index is 1.26. The Morgan fingerprint density at radius 3 is 2.44 bits per heavy atom. The first-order valence-corrected chi connectivity index (χ1v) is 16.8. The molecule has 1 aromatic heterocycles. The van der Waals surface area contributed by atoms with E-state index in [1.54, 1.807) is 42.5 Å². The molecule has 5 aromatic rings. The molecule has 1 amide bonds. The van der Waals surface area contributed by atoms with Gasteiger partial charge in [0.2, 0.25) is 0 Å². The number of halogens is 2. The lowest BCUT2D eigenvalue weighted by Crippen LogP contribution is -2.15. The highest BCUT2D eigenvalue weighted by Crippen LogP contribution is 2.31. The molecule has 1 heterocycles. The predicted octanol–water partition coefficient (Wildman–Crippen LogP) is 7.30. The number of carbonyl (C=O) groups excluding carboxylic acids is 1. The maximum absolute atomic E-state index is 13.3. The molecule has 0 fully saturated rings. The van der Waals surface area contributed by atoms with E-state index >= 15 is 0 Å². The zero-order chi connectivity index (χ0) is 32.0. The number of hydrogen-bond donors (Lipinski definition) is 2. The van der Waals surface area contributed by atoms with E-state index in [1.165, 1.54) is 35.6 Å². The van der Waals surface area contributed by atoms with Crippen molar-refractivity contribution in [3.63, 3.8) is 0 Å². The van der Waals surface area contributed by atoms with E-state index in [1.807, 2.05) is 18.2 Å². The number of amides is 1. The number of aryl methyl sites for hydroxylation is 1. The van der Waals surface area contributed by atoms with Crippen molar-refractivity contribution in [2.75, 3.05) is 17.7 Å². The number of aromatic nitrogens is 1. The standard InChI is InChI=1S/C32H26Cl2N2O7S2/c33-23-7-10-25(11-8-23)45(40,41)14-2-4-20-6-13-28(42-19-30(37)38)27(16-20)35-31(39)22-5-1-3-21(15-22)18-43-32-36-26-12-9-24(34)17-29(26)44-32/h1,3,5-13,15-17H,2,4,14,18-19H2,(H,35,39)(H,37,38). The molecule has 0 radical (unpaired) electrons. The van der Waals surface area contributed by atoms with Gasteiger partial charge in [-0.3, -0.25) is 4.79 Å². The highest BCUT2D eigenvalue weighted by atomic mass is 35.5. The second kappa shape index (κ2) is 14.3. The van der Waals surface area contributed by atoms with E-state index in [0.29, 0.717) is 33.6 Å². The van der Waals surface area contributed by atoms with Gasteiger partial charge in [-0.25, -0.2) is 18.2 Å². The van der Waals surface area contributed by atoms with Crippen LogP contribution in [-0.4, -0.2) is 42.7 Å². The van der Waals surface area contributed by atoms with Crippen LogP contribution in [0.1, 0.15) is 27.9 Å². The minimum atomic E-state index is -3.51. The number of anilines is 1. The molecule has 5 rings (SSSR count). The Bertz CT molecular complexity index is 1960. The monoisotopic (exact) mass is 684 g/mol. The van der Waals surface area contributed by atoms with Gasteiger partial charge < -0.3 is 19.9 Å². The molecular weight excluding hydrogens is 659 g/mol. The molecule has 0 aliphatic rings. The fourth-order valence-electron chi connectivity index (χ4n) is 4.40. The maximum atomic E-state index is 13.3. The summed E-state index contributed by atoms with van der Waals surface area (Å²) in [6, 6.07) is 23.2. The molecule has 9 nitrogen and oxygen atoms in total. The van der Waals surface area contributed by atoms with Crippen molar-refractivity contribution in [2.45, 2.75) is 24.3 Å². The summed E-state index contributed by atoms with van der Waals surface area (Å²) in [5, 5.41) is 13.4. The topological polar surface area (TPSA) is 132 Å². The minimum absolute atomic E-state index is 0.0901. The zero-order valence-corrected chi connectivity index (χ0v) is 26.7. The average Bonchev–Trinajstić information content (AvgIpc) is 3.42. The van der Waals surface area contributed by atoms with Gasteiger partial charge in [0.05, 0.1) is 26.6 Å². The number of thiazole rings is 1. The molecule has 2 N–H and O–H groups in total. The molecular formula is C32H26Cl2N2O7S2. The number of fused-ring (bicyclic) bond motifs is 1. The van der Waals surface area contributed by atoms with E-state index < -0.39 is 28.3 Å². The fraction of sp³-hybridized carbons (Fsp3) is 0.156. The Morgan fingerprint density at radius 1 is 0.889 bits per heavy atom. The Kier molecular flexibility index (Phi) is 10.2. The van der Waals surface area contributed by atoms with Crippen LogP contribution in [0, 0.1) is 0 Å². The SMILES string of the molecule is O=C(O)COc1ccc(CCCS(=O)(=O)c2ccc(Cl)cc2)cc1NC(=O)c1cccc(COc2nc3ccc(Cl)cc3s2)c1. The first kappa shape index (κ1) is 32.2. The number of hydrogen-bond acceptors (Lipinski definition) is 8. The van der Waals surface area contributed by atoms with Gasteiger partial charge in [0, 0.05) is 15.6 Å². The van der Waals surface area contributed by atoms with E-state index in [-0.39, 0.29) is 28.7 Å². The zero-order valence-electron chi connectivity index (χ0n) is 23.5. The third-order valence-electron chi connectivity index (χ3n) is 6.58. The molecule has 0 saturated carbocycles. The highest BCUT2D eigenvalue weighted by Gasteiger charge is 2.16. The first-order valence-electron chi connectivity index (χ1n) is 13.6. The van der Waals surface area contributed by atoms with Crippen molar-refractivity contribution < 1.29 is 32.6 Å². The van der Waals surface area contributed by atoms with Crippen LogP contribution in [0.3, 0.4) is 0 Å². The summed E-state index contributed by atoms with van der Waals surface area (Å²) in [6.45, 7) is -0.428. The van der Waals surface area contributed by atoms with Crippen LogP contribution in [0.2, 0.25) is 10.0 Å². The summed E-state index contributed by atoms with van der Waals surface area (Å²) in [5.74, 6) is -1.55. The van der Waals surface area contributed by atoms with Gasteiger partial charge in [0.25, 0.3) is 11.1 Å². The molecule has 0 atom stereocenters. The van der Waals surface area contributed by atoms with Gasteiger partial charge in [-0.15, -0.1) is 0 Å². The molecule has 232 valence electrons. The number of carboxylic acid groups (broad SMARTS) is 1.